The Labute approximate surface area is 228 Å². The molecule has 11 heteroatoms. The number of amides is 1. The van der Waals surface area contributed by atoms with Gasteiger partial charge >= 0.3 is 0 Å². The monoisotopic (exact) mass is 573 g/mol. The van der Waals surface area contributed by atoms with Crippen LogP contribution >= 0.6 is 23.2 Å². The molecule has 38 heavy (non-hydrogen) atoms. The molecule has 7 nitrogen and oxygen atoms in total. The van der Waals surface area contributed by atoms with E-state index < -0.39 is 21.1 Å². The van der Waals surface area contributed by atoms with Gasteiger partial charge in [-0.2, -0.15) is 4.98 Å². The Kier molecular flexibility index (Phi) is 7.02. The summed E-state index contributed by atoms with van der Waals surface area (Å²) in [6.07, 6.45) is 1.44. The van der Waals surface area contributed by atoms with E-state index in [9.17, 15) is 17.6 Å². The van der Waals surface area contributed by atoms with Gasteiger partial charge in [0, 0.05) is 26.9 Å². The van der Waals surface area contributed by atoms with Gasteiger partial charge in [-0.1, -0.05) is 53.5 Å². The number of sulfone groups is 1. The minimum atomic E-state index is -3.31. The lowest BCUT2D eigenvalue weighted by atomic mass is 9.94. The molecule has 1 aliphatic carbocycles. The van der Waals surface area contributed by atoms with Crippen LogP contribution in [0.4, 0.5) is 10.1 Å². The second-order valence-corrected chi connectivity index (χ2v) is 12.2. The van der Waals surface area contributed by atoms with Gasteiger partial charge in [-0.05, 0) is 60.9 Å². The average Bonchev–Trinajstić information content (AvgIpc) is 3.50. The fourth-order valence-corrected chi connectivity index (χ4v) is 6.07. The lowest BCUT2D eigenvalue weighted by Gasteiger charge is -2.17. The molecule has 5 rings (SSSR count). The molecule has 1 saturated carbocycles. The highest BCUT2D eigenvalue weighted by molar-refractivity contribution is 7.91. The first kappa shape index (κ1) is 26.3. The number of rotatable bonds is 8. The Morgan fingerprint density at radius 3 is 2.37 bits per heavy atom. The minimum absolute atomic E-state index is 0.00647. The highest BCUT2D eigenvalue weighted by atomic mass is 35.5. The van der Waals surface area contributed by atoms with Gasteiger partial charge in [0.15, 0.2) is 15.7 Å². The number of nitrogens with zero attached hydrogens (tertiary/aromatic N) is 2. The van der Waals surface area contributed by atoms with E-state index in [0.29, 0.717) is 51.1 Å². The van der Waals surface area contributed by atoms with Crippen LogP contribution in [0.1, 0.15) is 36.7 Å². The standard InChI is InChI=1S/C27H22Cl2FN3O4S/c1-2-38(35,36)20-8-6-16(7-9-20)12-23(34)31-19-14-21(28)24(22(29)15-19)27(10-11-27)26-32-25(37-33-26)17-4-3-5-18(30)13-17/h3-9,13-15H,2,10-12H2,1H3,(H,31,34). The van der Waals surface area contributed by atoms with Crippen molar-refractivity contribution in [2.75, 3.05) is 11.1 Å². The number of hydrogen-bond donors (Lipinski definition) is 1. The topological polar surface area (TPSA) is 102 Å². The first-order chi connectivity index (χ1) is 18.1. The molecule has 3 aromatic carbocycles. The zero-order valence-electron chi connectivity index (χ0n) is 20.2. The van der Waals surface area contributed by atoms with E-state index in [1.165, 1.54) is 24.3 Å². The van der Waals surface area contributed by atoms with Crippen LogP contribution < -0.4 is 5.32 Å². The van der Waals surface area contributed by atoms with Crippen molar-refractivity contribution < 1.29 is 22.1 Å². The van der Waals surface area contributed by atoms with E-state index in [0.717, 1.165) is 0 Å². The van der Waals surface area contributed by atoms with Crippen LogP contribution in [0.25, 0.3) is 11.5 Å². The van der Waals surface area contributed by atoms with Gasteiger partial charge in [0.2, 0.25) is 5.91 Å². The number of nitrogens with one attached hydrogen (secondary N) is 1. The summed E-state index contributed by atoms with van der Waals surface area (Å²) in [5, 5.41) is 7.60. The first-order valence-corrected chi connectivity index (χ1v) is 14.2. The first-order valence-electron chi connectivity index (χ1n) is 11.8. The van der Waals surface area contributed by atoms with Crippen molar-refractivity contribution in [1.29, 1.82) is 0 Å². The highest BCUT2D eigenvalue weighted by Crippen LogP contribution is 2.57. The Hall–Kier alpha value is -3.27. The van der Waals surface area contributed by atoms with Crippen molar-refractivity contribution >= 4 is 44.6 Å². The van der Waals surface area contributed by atoms with Gasteiger partial charge in [0.25, 0.3) is 5.89 Å². The average molecular weight is 574 g/mol. The molecule has 0 unspecified atom stereocenters. The fraction of sp³-hybridized carbons (Fsp3) is 0.222. The third-order valence-electron chi connectivity index (χ3n) is 6.51. The summed E-state index contributed by atoms with van der Waals surface area (Å²) < 4.78 is 43.0. The lowest BCUT2D eigenvalue weighted by Crippen LogP contribution is -2.16. The molecule has 196 valence electrons. The number of anilines is 1. The van der Waals surface area contributed by atoms with Crippen LogP contribution in [0.15, 0.2) is 70.1 Å². The second-order valence-electron chi connectivity index (χ2n) is 9.10. The Morgan fingerprint density at radius 2 is 1.76 bits per heavy atom. The van der Waals surface area contributed by atoms with Crippen LogP contribution in [0.5, 0.6) is 0 Å². The maximum atomic E-state index is 13.6. The predicted octanol–water partition coefficient (Wildman–Crippen LogP) is 6.24. The zero-order chi connectivity index (χ0) is 27.1. The summed E-state index contributed by atoms with van der Waals surface area (Å²) in [6.45, 7) is 1.58. The van der Waals surface area contributed by atoms with Gasteiger partial charge in [0.05, 0.1) is 22.5 Å². The van der Waals surface area contributed by atoms with Crippen LogP contribution in [0.3, 0.4) is 0 Å². The smallest absolute Gasteiger partial charge is 0.258 e. The molecular weight excluding hydrogens is 552 g/mol. The van der Waals surface area contributed by atoms with Crippen molar-refractivity contribution in [3.05, 3.63) is 93.5 Å². The third kappa shape index (κ3) is 5.18. The number of hydrogen-bond acceptors (Lipinski definition) is 6. The summed E-state index contributed by atoms with van der Waals surface area (Å²) in [6, 6.07) is 15.3. The molecule has 0 aliphatic heterocycles. The number of carbonyl (C=O) groups excluding carboxylic acids is 1. The minimum Gasteiger partial charge on any atom is -0.334 e. The Morgan fingerprint density at radius 1 is 1.08 bits per heavy atom. The molecule has 0 spiro atoms. The van der Waals surface area contributed by atoms with Crippen molar-refractivity contribution in [2.24, 2.45) is 0 Å². The van der Waals surface area contributed by atoms with Crippen molar-refractivity contribution in [3.8, 4) is 11.5 Å². The van der Waals surface area contributed by atoms with Gasteiger partial charge in [-0.15, -0.1) is 0 Å². The summed E-state index contributed by atoms with van der Waals surface area (Å²) in [4.78, 5) is 17.4. The maximum Gasteiger partial charge on any atom is 0.258 e. The predicted molar refractivity (Wildman–Crippen MR) is 143 cm³/mol. The SMILES string of the molecule is CCS(=O)(=O)c1ccc(CC(=O)Nc2cc(Cl)c(C3(c4noc(-c5cccc(F)c5)n4)CC3)c(Cl)c2)cc1. The molecule has 1 heterocycles. The fourth-order valence-electron chi connectivity index (χ4n) is 4.34. The van der Waals surface area contributed by atoms with Crippen LogP contribution in [-0.2, 0) is 26.5 Å². The number of halogens is 3. The van der Waals surface area contributed by atoms with E-state index >= 15 is 0 Å². The summed E-state index contributed by atoms with van der Waals surface area (Å²) >= 11 is 13.3. The van der Waals surface area contributed by atoms with Gasteiger partial charge in [0.1, 0.15) is 5.82 Å². The molecule has 1 fully saturated rings. The van der Waals surface area contributed by atoms with Crippen molar-refractivity contribution in [1.82, 2.24) is 10.1 Å². The largest absolute Gasteiger partial charge is 0.334 e. The van der Waals surface area contributed by atoms with Gasteiger partial charge in [-0.3, -0.25) is 4.79 Å². The molecule has 0 bridgehead atoms. The van der Waals surface area contributed by atoms with Crippen molar-refractivity contribution in [2.45, 2.75) is 36.5 Å². The zero-order valence-corrected chi connectivity index (χ0v) is 22.5. The number of aromatic nitrogens is 2. The summed E-state index contributed by atoms with van der Waals surface area (Å²) in [5.41, 5.74) is 1.55. The molecule has 1 aliphatic rings. The van der Waals surface area contributed by atoms with Gasteiger partial charge in [-0.25, -0.2) is 12.8 Å². The molecule has 4 aromatic rings. The van der Waals surface area contributed by atoms with Crippen LogP contribution in [0.2, 0.25) is 10.0 Å². The number of benzene rings is 3. The van der Waals surface area contributed by atoms with E-state index in [1.54, 1.807) is 43.3 Å². The van der Waals surface area contributed by atoms with Crippen molar-refractivity contribution in [3.63, 3.8) is 0 Å². The Bertz CT molecular complexity index is 1610. The molecular formula is C27H22Cl2FN3O4S. The van der Waals surface area contributed by atoms with E-state index in [1.807, 2.05) is 0 Å². The van der Waals surface area contributed by atoms with E-state index in [2.05, 4.69) is 15.5 Å². The molecule has 1 N–H and O–H groups in total. The van der Waals surface area contributed by atoms with E-state index in [-0.39, 0.29) is 28.9 Å². The second kappa shape index (κ2) is 10.1. The third-order valence-corrected chi connectivity index (χ3v) is 8.85. The molecule has 0 atom stereocenters. The Balaban J connectivity index is 1.32. The summed E-state index contributed by atoms with van der Waals surface area (Å²) in [5.74, 6) is -0.108. The molecule has 0 saturated heterocycles. The summed E-state index contributed by atoms with van der Waals surface area (Å²) in [7, 11) is -3.31. The normalized spacial score (nSPS) is 14.3. The van der Waals surface area contributed by atoms with Crippen LogP contribution in [0, 0.1) is 5.82 Å². The molecule has 1 aromatic heterocycles. The highest BCUT2D eigenvalue weighted by Gasteiger charge is 2.52. The quantitative estimate of drug-likeness (QED) is 0.268. The van der Waals surface area contributed by atoms with Crippen LogP contribution in [-0.4, -0.2) is 30.2 Å². The number of carbonyl (C=O) groups is 1. The van der Waals surface area contributed by atoms with E-state index in [4.69, 9.17) is 27.7 Å². The molecule has 0 radical (unpaired) electrons. The maximum absolute atomic E-state index is 13.6. The molecule has 1 amide bonds. The van der Waals surface area contributed by atoms with Gasteiger partial charge < -0.3 is 9.84 Å². The lowest BCUT2D eigenvalue weighted by molar-refractivity contribution is -0.115.